The Labute approximate surface area is 103 Å². The van der Waals surface area contributed by atoms with Gasteiger partial charge in [0.2, 0.25) is 0 Å². The first kappa shape index (κ1) is 10.6. The van der Waals surface area contributed by atoms with Crippen molar-refractivity contribution in [2.45, 2.75) is 0 Å². The molecule has 1 heterocycles. The van der Waals surface area contributed by atoms with Crippen LogP contribution in [0.5, 0.6) is 5.75 Å². The second kappa shape index (κ2) is 4.04. The van der Waals surface area contributed by atoms with E-state index in [9.17, 15) is 9.90 Å². The van der Waals surface area contributed by atoms with Gasteiger partial charge in [-0.2, -0.15) is 0 Å². The van der Waals surface area contributed by atoms with Gasteiger partial charge in [-0.1, -0.05) is 42.5 Å². The van der Waals surface area contributed by atoms with Crippen LogP contribution in [0.25, 0.3) is 22.1 Å². The summed E-state index contributed by atoms with van der Waals surface area (Å²) in [5, 5.41) is 10.3. The van der Waals surface area contributed by atoms with Gasteiger partial charge in [0.15, 0.2) is 0 Å². The molecule has 1 aromatic heterocycles. The van der Waals surface area contributed by atoms with E-state index in [1.807, 2.05) is 42.5 Å². The van der Waals surface area contributed by atoms with E-state index in [1.165, 1.54) is 0 Å². The number of benzene rings is 2. The van der Waals surface area contributed by atoms with Gasteiger partial charge in [0.1, 0.15) is 11.3 Å². The summed E-state index contributed by atoms with van der Waals surface area (Å²) >= 11 is 0. The molecule has 0 radical (unpaired) electrons. The Morgan fingerprint density at radius 1 is 0.944 bits per heavy atom. The van der Waals surface area contributed by atoms with Crippen molar-refractivity contribution in [3.63, 3.8) is 0 Å². The first-order chi connectivity index (χ1) is 8.75. The first-order valence-electron chi connectivity index (χ1n) is 5.57. The van der Waals surface area contributed by atoms with Gasteiger partial charge < -0.3 is 9.52 Å². The van der Waals surface area contributed by atoms with Gasteiger partial charge in [-0.3, -0.25) is 0 Å². The zero-order valence-corrected chi connectivity index (χ0v) is 9.46. The summed E-state index contributed by atoms with van der Waals surface area (Å²) in [6.07, 6.45) is 0. The van der Waals surface area contributed by atoms with Gasteiger partial charge in [0.05, 0.1) is 11.5 Å². The molecule has 0 amide bonds. The molecule has 0 aliphatic heterocycles. The standard InChI is InChI=1S/C15H10O3/c16-13-9-14(17)18-15-11(7-4-8-12(13)15)10-5-2-1-3-6-10/h1-9,16H. The highest BCUT2D eigenvalue weighted by Gasteiger charge is 2.09. The van der Waals surface area contributed by atoms with Crippen molar-refractivity contribution >= 4 is 11.0 Å². The fraction of sp³-hybridized carbons (Fsp3) is 0. The maximum absolute atomic E-state index is 11.4. The van der Waals surface area contributed by atoms with Gasteiger partial charge in [0.25, 0.3) is 0 Å². The predicted molar refractivity (Wildman–Crippen MR) is 69.6 cm³/mol. The molecule has 0 aliphatic rings. The molecule has 0 aliphatic carbocycles. The largest absolute Gasteiger partial charge is 0.507 e. The highest BCUT2D eigenvalue weighted by molar-refractivity contribution is 5.95. The molecular formula is C15H10O3. The van der Waals surface area contributed by atoms with Crippen LogP contribution < -0.4 is 5.63 Å². The second-order valence-electron chi connectivity index (χ2n) is 4.00. The minimum atomic E-state index is -0.552. The summed E-state index contributed by atoms with van der Waals surface area (Å²) in [6, 6.07) is 16.1. The molecular weight excluding hydrogens is 228 g/mol. The predicted octanol–water partition coefficient (Wildman–Crippen LogP) is 3.17. The minimum absolute atomic E-state index is 0.0565. The fourth-order valence-electron chi connectivity index (χ4n) is 2.01. The highest BCUT2D eigenvalue weighted by Crippen LogP contribution is 2.31. The fourth-order valence-corrected chi connectivity index (χ4v) is 2.01. The number of hydrogen-bond donors (Lipinski definition) is 1. The normalized spacial score (nSPS) is 10.7. The summed E-state index contributed by atoms with van der Waals surface area (Å²) in [4.78, 5) is 11.4. The Hall–Kier alpha value is -2.55. The third-order valence-corrected chi connectivity index (χ3v) is 2.83. The number of para-hydroxylation sites is 1. The van der Waals surface area contributed by atoms with Crippen LogP contribution in [0.4, 0.5) is 0 Å². The highest BCUT2D eigenvalue weighted by atomic mass is 16.4. The lowest BCUT2D eigenvalue weighted by Crippen LogP contribution is -1.96. The topological polar surface area (TPSA) is 50.4 Å². The summed E-state index contributed by atoms with van der Waals surface area (Å²) in [5.74, 6) is -0.0565. The Kier molecular flexibility index (Phi) is 2.38. The molecule has 3 nitrogen and oxygen atoms in total. The van der Waals surface area contributed by atoms with Crippen LogP contribution in [0.3, 0.4) is 0 Å². The van der Waals surface area contributed by atoms with E-state index in [0.717, 1.165) is 17.2 Å². The van der Waals surface area contributed by atoms with E-state index < -0.39 is 5.63 Å². The molecule has 0 fully saturated rings. The van der Waals surface area contributed by atoms with Crippen molar-refractivity contribution in [1.29, 1.82) is 0 Å². The molecule has 0 spiro atoms. The molecule has 3 heteroatoms. The lowest BCUT2D eigenvalue weighted by Gasteiger charge is -2.05. The molecule has 0 bridgehead atoms. The van der Waals surface area contributed by atoms with E-state index in [-0.39, 0.29) is 5.75 Å². The monoisotopic (exact) mass is 238 g/mol. The molecule has 3 rings (SSSR count). The molecule has 0 saturated carbocycles. The lowest BCUT2D eigenvalue weighted by atomic mass is 10.0. The molecule has 88 valence electrons. The van der Waals surface area contributed by atoms with Gasteiger partial charge in [-0.15, -0.1) is 0 Å². The molecule has 18 heavy (non-hydrogen) atoms. The van der Waals surface area contributed by atoms with Crippen molar-refractivity contribution in [3.05, 3.63) is 65.0 Å². The summed E-state index contributed by atoms with van der Waals surface area (Å²) in [5.41, 5.74) is 1.59. The molecule has 1 N–H and O–H groups in total. The third-order valence-electron chi connectivity index (χ3n) is 2.83. The Bertz CT molecular complexity index is 758. The molecule has 0 unspecified atom stereocenters. The average molecular weight is 238 g/mol. The van der Waals surface area contributed by atoms with Crippen molar-refractivity contribution in [3.8, 4) is 16.9 Å². The SMILES string of the molecule is O=c1cc(O)c2cccc(-c3ccccc3)c2o1. The smallest absolute Gasteiger partial charge is 0.339 e. The van der Waals surface area contributed by atoms with Crippen LogP contribution in [0.1, 0.15) is 0 Å². The molecule has 2 aromatic carbocycles. The van der Waals surface area contributed by atoms with Crippen LogP contribution in [-0.4, -0.2) is 5.11 Å². The van der Waals surface area contributed by atoms with Gasteiger partial charge in [-0.05, 0) is 11.6 Å². The molecule has 3 aromatic rings. The lowest BCUT2D eigenvalue weighted by molar-refractivity contribution is 0.468. The van der Waals surface area contributed by atoms with E-state index in [2.05, 4.69) is 0 Å². The van der Waals surface area contributed by atoms with Crippen LogP contribution in [-0.2, 0) is 0 Å². The van der Waals surface area contributed by atoms with Crippen molar-refractivity contribution in [1.82, 2.24) is 0 Å². The van der Waals surface area contributed by atoms with Crippen molar-refractivity contribution in [2.24, 2.45) is 0 Å². The van der Waals surface area contributed by atoms with E-state index in [1.54, 1.807) is 6.07 Å². The quantitative estimate of drug-likeness (QED) is 0.662. The van der Waals surface area contributed by atoms with Crippen LogP contribution >= 0.6 is 0 Å². The van der Waals surface area contributed by atoms with E-state index >= 15 is 0 Å². The Balaban J connectivity index is 2.41. The van der Waals surface area contributed by atoms with Crippen molar-refractivity contribution in [2.75, 3.05) is 0 Å². The molecule has 0 atom stereocenters. The van der Waals surface area contributed by atoms with E-state index in [4.69, 9.17) is 4.42 Å². The maximum Gasteiger partial charge on any atom is 0.339 e. The van der Waals surface area contributed by atoms with Gasteiger partial charge in [-0.25, -0.2) is 4.79 Å². The zero-order valence-electron chi connectivity index (χ0n) is 9.46. The second-order valence-corrected chi connectivity index (χ2v) is 4.00. The Morgan fingerprint density at radius 2 is 1.72 bits per heavy atom. The van der Waals surface area contributed by atoms with Gasteiger partial charge in [0, 0.05) is 5.56 Å². The third kappa shape index (κ3) is 1.66. The van der Waals surface area contributed by atoms with Crippen molar-refractivity contribution < 1.29 is 9.52 Å². The van der Waals surface area contributed by atoms with Gasteiger partial charge >= 0.3 is 5.63 Å². The average Bonchev–Trinajstić information content (AvgIpc) is 2.39. The first-order valence-corrected chi connectivity index (χ1v) is 5.57. The Morgan fingerprint density at radius 3 is 2.50 bits per heavy atom. The number of fused-ring (bicyclic) bond motifs is 1. The number of hydrogen-bond acceptors (Lipinski definition) is 3. The number of aromatic hydroxyl groups is 1. The number of rotatable bonds is 1. The molecule has 0 saturated heterocycles. The van der Waals surface area contributed by atoms with Crippen LogP contribution in [0.2, 0.25) is 0 Å². The minimum Gasteiger partial charge on any atom is -0.507 e. The van der Waals surface area contributed by atoms with Crippen LogP contribution in [0, 0.1) is 0 Å². The maximum atomic E-state index is 11.4. The summed E-state index contributed by atoms with van der Waals surface area (Å²) in [7, 11) is 0. The summed E-state index contributed by atoms with van der Waals surface area (Å²) < 4.78 is 5.21. The summed E-state index contributed by atoms with van der Waals surface area (Å²) in [6.45, 7) is 0. The van der Waals surface area contributed by atoms with E-state index in [0.29, 0.717) is 11.0 Å². The van der Waals surface area contributed by atoms with Crippen LogP contribution in [0.15, 0.2) is 63.8 Å². The zero-order chi connectivity index (χ0) is 12.5.